The highest BCUT2D eigenvalue weighted by Crippen LogP contribution is 2.28. The van der Waals surface area contributed by atoms with Crippen molar-refractivity contribution in [3.05, 3.63) is 66.1 Å². The Bertz CT molecular complexity index is 1530. The van der Waals surface area contributed by atoms with Crippen molar-refractivity contribution in [2.75, 3.05) is 14.1 Å². The first kappa shape index (κ1) is 24.8. The number of benzene rings is 1. The highest BCUT2D eigenvalue weighted by atomic mass is 32.1. The number of H-pyrrole nitrogens is 2. The fourth-order valence-electron chi connectivity index (χ4n) is 4.51. The number of amides is 2. The van der Waals surface area contributed by atoms with Gasteiger partial charge in [-0.05, 0) is 48.2 Å². The molecule has 0 saturated carbocycles. The van der Waals surface area contributed by atoms with Gasteiger partial charge in [-0.2, -0.15) is 0 Å². The summed E-state index contributed by atoms with van der Waals surface area (Å²) in [6.07, 6.45) is 5.03. The maximum absolute atomic E-state index is 12.0. The number of carbonyl (C=O) groups is 2. The number of thiocarbonyl (C=S) groups is 2. The van der Waals surface area contributed by atoms with Gasteiger partial charge in [0.15, 0.2) is 10.2 Å². The molecule has 190 valence electrons. The normalized spacial score (nSPS) is 20.3. The van der Waals surface area contributed by atoms with Gasteiger partial charge >= 0.3 is 0 Å². The molecule has 2 saturated heterocycles. The number of hydrogen-bond acceptors (Lipinski definition) is 6. The molecule has 12 heteroatoms. The second kappa shape index (κ2) is 9.88. The third-order valence-electron chi connectivity index (χ3n) is 6.63. The molecule has 0 aliphatic carbocycles. The quantitative estimate of drug-likeness (QED) is 0.250. The van der Waals surface area contributed by atoms with Crippen molar-refractivity contribution in [3.8, 4) is 0 Å². The average molecular weight is 536 g/mol. The predicted molar refractivity (Wildman–Crippen MR) is 148 cm³/mol. The molecule has 5 heterocycles. The number of aromatic amines is 2. The molecule has 0 spiro atoms. The Morgan fingerprint density at radius 2 is 1.65 bits per heavy atom. The maximum Gasteiger partial charge on any atom is 0.254 e. The van der Waals surface area contributed by atoms with Crippen molar-refractivity contribution in [2.24, 2.45) is 0 Å². The van der Waals surface area contributed by atoms with E-state index in [0.29, 0.717) is 22.2 Å². The molecule has 37 heavy (non-hydrogen) atoms. The number of nitrogens with one attached hydrogen (secondary N) is 4. The van der Waals surface area contributed by atoms with Crippen LogP contribution in [0.25, 0.3) is 21.9 Å². The molecular formula is C25H25N7O3S2. The first-order valence-corrected chi connectivity index (χ1v) is 12.4. The second-order valence-corrected chi connectivity index (χ2v) is 9.65. The summed E-state index contributed by atoms with van der Waals surface area (Å²) in [6, 6.07) is 10.5. The topological polar surface area (TPSA) is 129 Å². The van der Waals surface area contributed by atoms with Crippen LogP contribution in [-0.4, -0.2) is 78.1 Å². The predicted octanol–water partition coefficient (Wildman–Crippen LogP) is 1.74. The van der Waals surface area contributed by atoms with E-state index in [4.69, 9.17) is 24.4 Å². The van der Waals surface area contributed by atoms with Crippen molar-refractivity contribution < 1.29 is 14.7 Å². The van der Waals surface area contributed by atoms with Crippen LogP contribution < -0.4 is 10.6 Å². The summed E-state index contributed by atoms with van der Waals surface area (Å²) in [5.41, 5.74) is 3.54. The smallest absolute Gasteiger partial charge is 0.254 e. The van der Waals surface area contributed by atoms with E-state index in [1.165, 1.54) is 9.80 Å². The Balaban J connectivity index is 0.000000152. The minimum Gasteiger partial charge on any atom is -0.386 e. The fraction of sp³-hybridized carbons (Fsp3) is 0.240. The summed E-state index contributed by atoms with van der Waals surface area (Å²) in [5.74, 6) is -0.207. The molecule has 2 amide bonds. The lowest BCUT2D eigenvalue weighted by Crippen LogP contribution is -2.35. The lowest BCUT2D eigenvalue weighted by atomic mass is 10.0. The zero-order valence-corrected chi connectivity index (χ0v) is 21.7. The summed E-state index contributed by atoms with van der Waals surface area (Å²) in [6.45, 7) is 0. The first-order chi connectivity index (χ1) is 17.8. The van der Waals surface area contributed by atoms with Gasteiger partial charge < -0.3 is 25.7 Å². The summed E-state index contributed by atoms with van der Waals surface area (Å²) in [4.78, 5) is 37.2. The Labute approximate surface area is 223 Å². The molecule has 0 bridgehead atoms. The molecule has 6 rings (SSSR count). The van der Waals surface area contributed by atoms with E-state index in [1.807, 2.05) is 42.6 Å². The molecule has 4 aromatic rings. The number of aliphatic hydroxyl groups is 1. The summed E-state index contributed by atoms with van der Waals surface area (Å²) in [5, 5.41) is 19.1. The minimum atomic E-state index is -0.938. The van der Waals surface area contributed by atoms with Crippen LogP contribution in [0, 0.1) is 0 Å². The van der Waals surface area contributed by atoms with Crippen molar-refractivity contribution in [1.82, 2.24) is 35.4 Å². The van der Waals surface area contributed by atoms with Crippen LogP contribution in [0.4, 0.5) is 0 Å². The number of fused-ring (bicyclic) bond motifs is 2. The molecule has 2 aliphatic heterocycles. The van der Waals surface area contributed by atoms with Gasteiger partial charge in [0.1, 0.15) is 23.8 Å². The van der Waals surface area contributed by atoms with Crippen LogP contribution in [0.2, 0.25) is 0 Å². The molecule has 3 unspecified atom stereocenters. The zero-order chi connectivity index (χ0) is 26.3. The number of rotatable bonds is 4. The fourth-order valence-corrected chi connectivity index (χ4v) is 4.96. The Kier molecular flexibility index (Phi) is 6.63. The van der Waals surface area contributed by atoms with Gasteiger partial charge in [0, 0.05) is 61.0 Å². The van der Waals surface area contributed by atoms with E-state index >= 15 is 0 Å². The lowest BCUT2D eigenvalue weighted by molar-refractivity contribution is -0.128. The van der Waals surface area contributed by atoms with E-state index in [-0.39, 0.29) is 17.9 Å². The standard InChI is InChI=1S/C13H13N3O2S.C12H12N4OS/c1-16-12(18)10(15-13(16)19)11(17)8-6-14-9-5-3-2-4-7(8)9;1-16-11(17)9(15-12(16)18)5-7-6-14-10-8(7)3-2-4-13-10/h2-6,10-11,14,17H,1H3,(H,15,19);2-4,6,9H,5H2,1H3,(H,13,14)(H,15,18). The number of hydrogen-bond donors (Lipinski definition) is 5. The maximum atomic E-state index is 12.0. The number of aromatic nitrogens is 3. The SMILES string of the molecule is CN1C(=O)C(C(O)c2c[nH]c3ccccc23)NC1=S.CN1C(=O)C(Cc2c[nH]c3ncccc23)NC1=S. The van der Waals surface area contributed by atoms with E-state index in [1.54, 1.807) is 26.5 Å². The monoisotopic (exact) mass is 535 g/mol. The molecule has 2 fully saturated rings. The van der Waals surface area contributed by atoms with Gasteiger partial charge in [-0.3, -0.25) is 19.4 Å². The number of pyridine rings is 1. The molecule has 1 aromatic carbocycles. The Hall–Kier alpha value is -3.87. The highest BCUT2D eigenvalue weighted by Gasteiger charge is 2.39. The van der Waals surface area contributed by atoms with Crippen molar-refractivity contribution in [2.45, 2.75) is 24.6 Å². The minimum absolute atomic E-state index is 0.0123. The lowest BCUT2D eigenvalue weighted by Gasteiger charge is -2.15. The highest BCUT2D eigenvalue weighted by molar-refractivity contribution is 7.80. The summed E-state index contributed by atoms with van der Waals surface area (Å²) in [7, 11) is 3.29. The van der Waals surface area contributed by atoms with E-state index in [9.17, 15) is 14.7 Å². The number of likely N-dealkylation sites (N-methyl/N-ethyl adjacent to an activating group) is 2. The van der Waals surface area contributed by atoms with Gasteiger partial charge in [-0.15, -0.1) is 0 Å². The van der Waals surface area contributed by atoms with Crippen LogP contribution in [0.1, 0.15) is 17.2 Å². The van der Waals surface area contributed by atoms with Gasteiger partial charge in [0.2, 0.25) is 0 Å². The van der Waals surface area contributed by atoms with Crippen LogP contribution in [0.15, 0.2) is 55.0 Å². The molecule has 3 aromatic heterocycles. The molecule has 10 nitrogen and oxygen atoms in total. The van der Waals surface area contributed by atoms with Gasteiger partial charge in [-0.25, -0.2) is 4.98 Å². The number of nitrogens with zero attached hydrogens (tertiary/aromatic N) is 3. The first-order valence-electron chi connectivity index (χ1n) is 11.6. The molecule has 3 atom stereocenters. The third-order valence-corrected chi connectivity index (χ3v) is 7.41. The van der Waals surface area contributed by atoms with Crippen molar-refractivity contribution >= 4 is 68.4 Å². The molecule has 0 radical (unpaired) electrons. The van der Waals surface area contributed by atoms with Crippen molar-refractivity contribution in [1.29, 1.82) is 0 Å². The van der Waals surface area contributed by atoms with E-state index < -0.39 is 12.1 Å². The molecular weight excluding hydrogens is 510 g/mol. The van der Waals surface area contributed by atoms with Crippen LogP contribution in [0.5, 0.6) is 0 Å². The number of para-hydroxylation sites is 1. The zero-order valence-electron chi connectivity index (χ0n) is 20.1. The number of aliphatic hydroxyl groups excluding tert-OH is 1. The Morgan fingerprint density at radius 3 is 2.35 bits per heavy atom. The van der Waals surface area contributed by atoms with E-state index in [0.717, 1.165) is 27.5 Å². The average Bonchev–Trinajstić information content (AvgIpc) is 3.64. The number of carbonyl (C=O) groups excluding carboxylic acids is 2. The van der Waals surface area contributed by atoms with Gasteiger partial charge in [-0.1, -0.05) is 18.2 Å². The van der Waals surface area contributed by atoms with E-state index in [2.05, 4.69) is 25.6 Å². The van der Waals surface area contributed by atoms with Crippen molar-refractivity contribution in [3.63, 3.8) is 0 Å². The van der Waals surface area contributed by atoms with Crippen LogP contribution in [0.3, 0.4) is 0 Å². The Morgan fingerprint density at radius 1 is 0.946 bits per heavy atom. The summed E-state index contributed by atoms with van der Waals surface area (Å²) < 4.78 is 0. The van der Waals surface area contributed by atoms with Gasteiger partial charge in [0.25, 0.3) is 11.8 Å². The van der Waals surface area contributed by atoms with Crippen LogP contribution >= 0.6 is 24.4 Å². The molecule has 5 N–H and O–H groups in total. The second-order valence-electron chi connectivity index (χ2n) is 8.88. The van der Waals surface area contributed by atoms with Crippen LogP contribution in [-0.2, 0) is 16.0 Å². The molecule has 2 aliphatic rings. The third kappa shape index (κ3) is 4.54. The van der Waals surface area contributed by atoms with Gasteiger partial charge in [0.05, 0.1) is 0 Å². The largest absolute Gasteiger partial charge is 0.386 e. The summed E-state index contributed by atoms with van der Waals surface area (Å²) >= 11 is 10.1.